The van der Waals surface area contributed by atoms with Gasteiger partial charge in [0, 0.05) is 6.04 Å². The van der Waals surface area contributed by atoms with Gasteiger partial charge >= 0.3 is 23.9 Å². The summed E-state index contributed by atoms with van der Waals surface area (Å²) in [6.07, 6.45) is -6.07. The minimum Gasteiger partial charge on any atom is -0.352 e. The van der Waals surface area contributed by atoms with E-state index < -0.39 is 35.2 Å². The summed E-state index contributed by atoms with van der Waals surface area (Å²) in [7, 11) is 0. The molecule has 1 aromatic heterocycles. The van der Waals surface area contributed by atoms with Gasteiger partial charge in [-0.05, 0) is 24.9 Å². The van der Waals surface area contributed by atoms with E-state index in [9.17, 15) is 35.5 Å². The van der Waals surface area contributed by atoms with Crippen LogP contribution in [0, 0.1) is 0 Å². The third-order valence-corrected chi connectivity index (χ3v) is 3.03. The highest BCUT2D eigenvalue weighted by Gasteiger charge is 2.76. The van der Waals surface area contributed by atoms with E-state index in [1.54, 1.807) is 13.8 Å². The van der Waals surface area contributed by atoms with E-state index in [4.69, 9.17) is 11.6 Å². The Morgan fingerprint density at radius 3 is 2.08 bits per heavy atom. The first-order valence-corrected chi connectivity index (χ1v) is 6.92. The van der Waals surface area contributed by atoms with Gasteiger partial charge in [-0.2, -0.15) is 45.7 Å². The zero-order valence-corrected chi connectivity index (χ0v) is 13.3. The quantitative estimate of drug-likeness (QED) is 0.718. The van der Waals surface area contributed by atoms with Crippen LogP contribution in [0.5, 0.6) is 0 Å². The number of halogens is 8. The highest BCUT2D eigenvalue weighted by atomic mass is 35.5. The maximum atomic E-state index is 13.2. The molecule has 1 aromatic rings. The van der Waals surface area contributed by atoms with Crippen molar-refractivity contribution < 1.29 is 35.5 Å². The minimum absolute atomic E-state index is 0.224. The normalized spacial score (nSPS) is 14.2. The molecule has 0 aliphatic rings. The Morgan fingerprint density at radius 2 is 1.60 bits per heavy atom. The zero-order valence-electron chi connectivity index (χ0n) is 12.6. The Hall–Kier alpha value is -1.92. The van der Waals surface area contributed by atoms with Crippen molar-refractivity contribution in [1.29, 1.82) is 0 Å². The number of nitrogens with one attached hydrogen (secondary N) is 2. The van der Waals surface area contributed by atoms with Crippen LogP contribution < -0.4 is 10.6 Å². The van der Waals surface area contributed by atoms with Crippen LogP contribution in [0.25, 0.3) is 0 Å². The summed E-state index contributed by atoms with van der Waals surface area (Å²) < 4.78 is 88.3. The summed E-state index contributed by atoms with van der Waals surface area (Å²) >= 11 is 5.47. The molecule has 0 radical (unpaired) electrons. The van der Waals surface area contributed by atoms with Crippen LogP contribution in [0.2, 0.25) is 5.28 Å². The summed E-state index contributed by atoms with van der Waals surface area (Å²) in [4.78, 5) is 21.4. The third kappa shape index (κ3) is 4.58. The lowest BCUT2D eigenvalue weighted by molar-refractivity contribution is -0.343. The van der Waals surface area contributed by atoms with Crippen LogP contribution in [0.15, 0.2) is 0 Å². The van der Waals surface area contributed by atoms with Gasteiger partial charge in [0.25, 0.3) is 0 Å². The Labute approximate surface area is 141 Å². The molecule has 0 saturated carbocycles. The Balaban J connectivity index is 3.07. The van der Waals surface area contributed by atoms with Crippen LogP contribution in [0.3, 0.4) is 0 Å². The fraction of sp³-hybridized carbons (Fsp3) is 0.636. The van der Waals surface area contributed by atoms with Crippen molar-refractivity contribution in [3.8, 4) is 0 Å². The van der Waals surface area contributed by atoms with Crippen molar-refractivity contribution in [2.45, 2.75) is 44.3 Å². The number of rotatable bonds is 6. The van der Waals surface area contributed by atoms with E-state index in [1.807, 2.05) is 0 Å². The minimum atomic E-state index is -6.64. The molecule has 0 aromatic carbocycles. The zero-order chi connectivity index (χ0) is 19.6. The van der Waals surface area contributed by atoms with Gasteiger partial charge in [0.05, 0.1) is 0 Å². The Morgan fingerprint density at radius 1 is 1.08 bits per heavy atom. The third-order valence-electron chi connectivity index (χ3n) is 2.86. The van der Waals surface area contributed by atoms with E-state index in [0.29, 0.717) is 6.42 Å². The number of alkyl halides is 7. The average molecular weight is 398 g/mol. The van der Waals surface area contributed by atoms with E-state index in [0.717, 1.165) is 5.32 Å². The summed E-state index contributed by atoms with van der Waals surface area (Å²) in [5.41, 5.74) is 0. The van der Waals surface area contributed by atoms with Gasteiger partial charge in [-0.1, -0.05) is 6.92 Å². The summed E-state index contributed by atoms with van der Waals surface area (Å²) in [5.74, 6) is -17.0. The van der Waals surface area contributed by atoms with Crippen LogP contribution in [0.1, 0.15) is 20.3 Å². The monoisotopic (exact) mass is 397 g/mol. The number of hydrogen-bond donors (Lipinski definition) is 2. The number of carbonyl (C=O) groups is 1. The number of nitrogens with zero attached hydrogens (tertiary/aromatic N) is 3. The molecule has 0 spiro atoms. The van der Waals surface area contributed by atoms with Crippen molar-refractivity contribution >= 4 is 29.4 Å². The molecule has 1 unspecified atom stereocenters. The molecule has 1 atom stereocenters. The van der Waals surface area contributed by atoms with Gasteiger partial charge < -0.3 is 5.32 Å². The molecule has 0 saturated heterocycles. The lowest BCUT2D eigenvalue weighted by atomic mass is 10.1. The molecule has 1 rings (SSSR count). The standard InChI is InChI=1S/C11H11ClF7N5O/c1-3-4(2)20-7-22-6(12)23-8(24-7)21-5(25)9(13,14)10(15,16)11(17,18)19/h4H,3H2,1-2H3,(H2,20,21,22,23,24,25). The molecule has 142 valence electrons. The highest BCUT2D eigenvalue weighted by molar-refractivity contribution is 6.28. The molecule has 2 N–H and O–H groups in total. The van der Waals surface area contributed by atoms with Crippen molar-refractivity contribution in [3.63, 3.8) is 0 Å². The lowest BCUT2D eigenvalue weighted by Crippen LogP contribution is -2.57. The molecule has 0 aliphatic carbocycles. The van der Waals surface area contributed by atoms with Crippen LogP contribution in [-0.2, 0) is 4.79 Å². The van der Waals surface area contributed by atoms with Gasteiger partial charge in [-0.25, -0.2) is 0 Å². The molecule has 6 nitrogen and oxygen atoms in total. The Kier molecular flexibility index (Phi) is 6.03. The van der Waals surface area contributed by atoms with E-state index >= 15 is 0 Å². The van der Waals surface area contributed by atoms with Crippen LogP contribution >= 0.6 is 11.6 Å². The highest BCUT2D eigenvalue weighted by Crippen LogP contribution is 2.46. The van der Waals surface area contributed by atoms with Gasteiger partial charge in [-0.15, -0.1) is 0 Å². The van der Waals surface area contributed by atoms with Gasteiger partial charge in [0.15, 0.2) is 0 Å². The molecule has 0 bridgehead atoms. The SMILES string of the molecule is CCC(C)Nc1nc(Cl)nc(NC(=O)C(F)(F)C(F)(F)C(F)(F)F)n1. The molecule has 14 heteroatoms. The topological polar surface area (TPSA) is 79.8 Å². The maximum Gasteiger partial charge on any atom is 0.460 e. The first-order chi connectivity index (χ1) is 11.2. The molecular formula is C11H11ClF7N5O. The molecule has 25 heavy (non-hydrogen) atoms. The van der Waals surface area contributed by atoms with E-state index in [-0.39, 0.29) is 12.0 Å². The van der Waals surface area contributed by atoms with E-state index in [2.05, 4.69) is 20.3 Å². The number of aromatic nitrogens is 3. The molecule has 0 fully saturated rings. The Bertz CT molecular complexity index is 640. The number of amides is 1. The fourth-order valence-electron chi connectivity index (χ4n) is 1.29. The van der Waals surface area contributed by atoms with E-state index in [1.165, 1.54) is 0 Å². The smallest absolute Gasteiger partial charge is 0.352 e. The van der Waals surface area contributed by atoms with Gasteiger partial charge in [0.1, 0.15) is 0 Å². The average Bonchev–Trinajstić information content (AvgIpc) is 2.44. The summed E-state index contributed by atoms with van der Waals surface area (Å²) in [6, 6.07) is -0.224. The van der Waals surface area contributed by atoms with Gasteiger partial charge in [0.2, 0.25) is 17.2 Å². The van der Waals surface area contributed by atoms with Crippen molar-refractivity contribution in [2.75, 3.05) is 10.6 Å². The van der Waals surface area contributed by atoms with Crippen molar-refractivity contribution in [1.82, 2.24) is 15.0 Å². The summed E-state index contributed by atoms with van der Waals surface area (Å²) in [5, 5.41) is 3.09. The number of hydrogen-bond acceptors (Lipinski definition) is 5. The lowest BCUT2D eigenvalue weighted by Gasteiger charge is -2.26. The van der Waals surface area contributed by atoms with Crippen molar-refractivity contribution in [2.24, 2.45) is 0 Å². The predicted octanol–water partition coefficient (Wildman–Crippen LogP) is 3.51. The fourth-order valence-corrected chi connectivity index (χ4v) is 1.45. The van der Waals surface area contributed by atoms with Gasteiger partial charge in [-0.3, -0.25) is 10.1 Å². The second-order valence-corrected chi connectivity index (χ2v) is 5.14. The van der Waals surface area contributed by atoms with Crippen molar-refractivity contribution in [3.05, 3.63) is 5.28 Å². The largest absolute Gasteiger partial charge is 0.460 e. The first-order valence-electron chi connectivity index (χ1n) is 6.54. The second-order valence-electron chi connectivity index (χ2n) is 4.81. The molecular weight excluding hydrogens is 387 g/mol. The maximum absolute atomic E-state index is 13.2. The number of anilines is 2. The molecule has 1 heterocycles. The first kappa shape index (κ1) is 21.1. The van der Waals surface area contributed by atoms with Crippen LogP contribution in [-0.4, -0.2) is 44.9 Å². The second kappa shape index (κ2) is 7.14. The summed E-state index contributed by atoms with van der Waals surface area (Å²) in [6.45, 7) is 3.44. The predicted molar refractivity (Wildman–Crippen MR) is 72.8 cm³/mol. The molecule has 0 aliphatic heterocycles. The molecule has 1 amide bonds. The van der Waals surface area contributed by atoms with Crippen LogP contribution in [0.4, 0.5) is 42.6 Å². The number of carbonyl (C=O) groups excluding carboxylic acids is 1.